The maximum atomic E-state index is 11.7. The van der Waals surface area contributed by atoms with E-state index in [0.717, 1.165) is 6.26 Å². The first-order valence-corrected chi connectivity index (χ1v) is 7.81. The van der Waals surface area contributed by atoms with E-state index in [9.17, 15) is 18.0 Å². The van der Waals surface area contributed by atoms with Gasteiger partial charge in [-0.1, -0.05) is 0 Å². The molecular formula is C10H18N2O6S. The summed E-state index contributed by atoms with van der Waals surface area (Å²) in [6, 6.07) is -1.61. The zero-order valence-electron chi connectivity index (χ0n) is 10.5. The fourth-order valence-electron chi connectivity index (χ4n) is 1.70. The van der Waals surface area contributed by atoms with E-state index in [-0.39, 0.29) is 25.4 Å². The molecule has 1 aliphatic rings. The van der Waals surface area contributed by atoms with Crippen molar-refractivity contribution in [2.24, 2.45) is 11.7 Å². The van der Waals surface area contributed by atoms with Crippen molar-refractivity contribution in [2.75, 3.05) is 25.2 Å². The van der Waals surface area contributed by atoms with E-state index in [4.69, 9.17) is 15.6 Å². The standard InChI is InChI=1S/C10H18N2O6S/c1-19(16,17)3-2-7(11)9(13)12-8-5-18-4-6(8)10(14)15/h6-8H,2-5,11H2,1H3,(H,12,13)(H,14,15). The number of rotatable bonds is 6. The molecule has 3 unspecified atom stereocenters. The van der Waals surface area contributed by atoms with Gasteiger partial charge in [0, 0.05) is 6.26 Å². The van der Waals surface area contributed by atoms with Crippen molar-refractivity contribution in [1.29, 1.82) is 0 Å². The van der Waals surface area contributed by atoms with E-state index in [1.807, 2.05) is 0 Å². The lowest BCUT2D eigenvalue weighted by molar-refractivity contribution is -0.142. The second kappa shape index (κ2) is 6.31. The summed E-state index contributed by atoms with van der Waals surface area (Å²) >= 11 is 0. The van der Waals surface area contributed by atoms with Crippen LogP contribution in [0.5, 0.6) is 0 Å². The Morgan fingerprint density at radius 1 is 1.47 bits per heavy atom. The van der Waals surface area contributed by atoms with E-state index in [2.05, 4.69) is 5.32 Å². The summed E-state index contributed by atoms with van der Waals surface area (Å²) in [7, 11) is -3.18. The topological polar surface area (TPSA) is 136 Å². The third-order valence-electron chi connectivity index (χ3n) is 2.86. The van der Waals surface area contributed by atoms with Crippen LogP contribution < -0.4 is 11.1 Å². The van der Waals surface area contributed by atoms with Gasteiger partial charge in [0.25, 0.3) is 0 Å². The third kappa shape index (κ3) is 5.13. The zero-order valence-corrected chi connectivity index (χ0v) is 11.4. The summed E-state index contributed by atoms with van der Waals surface area (Å²) in [5, 5.41) is 11.4. The van der Waals surface area contributed by atoms with Crippen LogP contribution in [-0.2, 0) is 24.2 Å². The summed E-state index contributed by atoms with van der Waals surface area (Å²) in [6.07, 6.45) is 1.05. The van der Waals surface area contributed by atoms with Crippen molar-refractivity contribution < 1.29 is 27.9 Å². The van der Waals surface area contributed by atoms with Crippen LogP contribution >= 0.6 is 0 Å². The quantitative estimate of drug-likeness (QED) is 0.513. The van der Waals surface area contributed by atoms with Gasteiger partial charge in [0.15, 0.2) is 0 Å². The SMILES string of the molecule is CS(=O)(=O)CCC(N)C(=O)NC1COCC1C(=O)O. The molecule has 0 spiro atoms. The molecule has 1 heterocycles. The van der Waals surface area contributed by atoms with Crippen LogP contribution in [0.1, 0.15) is 6.42 Å². The molecule has 110 valence electrons. The van der Waals surface area contributed by atoms with Crippen LogP contribution in [0.2, 0.25) is 0 Å². The van der Waals surface area contributed by atoms with Crippen molar-refractivity contribution in [3.63, 3.8) is 0 Å². The number of nitrogens with one attached hydrogen (secondary N) is 1. The second-order valence-electron chi connectivity index (χ2n) is 4.62. The summed E-state index contributed by atoms with van der Waals surface area (Å²) in [5.74, 6) is -2.60. The number of sulfone groups is 1. The highest BCUT2D eigenvalue weighted by molar-refractivity contribution is 7.90. The van der Waals surface area contributed by atoms with Gasteiger partial charge >= 0.3 is 5.97 Å². The summed E-state index contributed by atoms with van der Waals surface area (Å²) in [6.45, 7) is 0.153. The number of hydrogen-bond donors (Lipinski definition) is 3. The minimum absolute atomic E-state index is 0.00399. The molecule has 1 rings (SSSR count). The third-order valence-corrected chi connectivity index (χ3v) is 3.84. The van der Waals surface area contributed by atoms with Gasteiger partial charge in [0.2, 0.25) is 5.91 Å². The first kappa shape index (κ1) is 15.9. The number of ether oxygens (including phenoxy) is 1. The smallest absolute Gasteiger partial charge is 0.311 e. The molecule has 0 radical (unpaired) electrons. The van der Waals surface area contributed by atoms with Crippen molar-refractivity contribution in [1.82, 2.24) is 5.32 Å². The van der Waals surface area contributed by atoms with E-state index >= 15 is 0 Å². The number of carbonyl (C=O) groups is 2. The first-order valence-electron chi connectivity index (χ1n) is 5.75. The Labute approximate surface area is 111 Å². The van der Waals surface area contributed by atoms with Gasteiger partial charge in [-0.15, -0.1) is 0 Å². The minimum Gasteiger partial charge on any atom is -0.481 e. The molecule has 0 aliphatic carbocycles. The Bertz CT molecular complexity index is 449. The predicted molar refractivity (Wildman–Crippen MR) is 66.2 cm³/mol. The van der Waals surface area contributed by atoms with E-state index < -0.39 is 39.7 Å². The molecule has 4 N–H and O–H groups in total. The molecule has 1 aliphatic heterocycles. The molecule has 9 heteroatoms. The molecule has 3 atom stereocenters. The molecule has 0 aromatic heterocycles. The molecule has 0 aromatic rings. The van der Waals surface area contributed by atoms with Gasteiger partial charge in [-0.05, 0) is 6.42 Å². The highest BCUT2D eigenvalue weighted by Crippen LogP contribution is 2.14. The number of carboxylic acids is 1. The Morgan fingerprint density at radius 2 is 2.11 bits per heavy atom. The van der Waals surface area contributed by atoms with E-state index in [0.29, 0.717) is 0 Å². The lowest BCUT2D eigenvalue weighted by atomic mass is 10.0. The number of nitrogens with two attached hydrogens (primary N) is 1. The molecule has 1 saturated heterocycles. The summed E-state index contributed by atoms with van der Waals surface area (Å²) in [5.41, 5.74) is 5.56. The lowest BCUT2D eigenvalue weighted by Gasteiger charge is -2.18. The van der Waals surface area contributed by atoms with Gasteiger partial charge < -0.3 is 20.9 Å². The van der Waals surface area contributed by atoms with E-state index in [1.54, 1.807) is 0 Å². The monoisotopic (exact) mass is 294 g/mol. The zero-order chi connectivity index (χ0) is 14.6. The number of carboxylic acid groups (broad SMARTS) is 1. The van der Waals surface area contributed by atoms with Gasteiger partial charge in [0.1, 0.15) is 15.8 Å². The van der Waals surface area contributed by atoms with Crippen LogP contribution in [0.25, 0.3) is 0 Å². The second-order valence-corrected chi connectivity index (χ2v) is 6.88. The number of hydrogen-bond acceptors (Lipinski definition) is 6. The molecule has 1 amide bonds. The molecule has 0 saturated carbocycles. The van der Waals surface area contributed by atoms with E-state index in [1.165, 1.54) is 0 Å². The highest BCUT2D eigenvalue weighted by atomic mass is 32.2. The molecular weight excluding hydrogens is 276 g/mol. The van der Waals surface area contributed by atoms with Gasteiger partial charge in [-0.3, -0.25) is 9.59 Å². The average Bonchev–Trinajstić information content (AvgIpc) is 2.72. The summed E-state index contributed by atoms with van der Waals surface area (Å²) < 4.78 is 26.9. The first-order chi connectivity index (χ1) is 8.70. The lowest BCUT2D eigenvalue weighted by Crippen LogP contribution is -2.49. The highest BCUT2D eigenvalue weighted by Gasteiger charge is 2.35. The molecule has 0 bridgehead atoms. The molecule has 19 heavy (non-hydrogen) atoms. The van der Waals surface area contributed by atoms with Crippen molar-refractivity contribution in [3.05, 3.63) is 0 Å². The van der Waals surface area contributed by atoms with Crippen molar-refractivity contribution in [2.45, 2.75) is 18.5 Å². The van der Waals surface area contributed by atoms with Gasteiger partial charge in [-0.25, -0.2) is 8.42 Å². The fraction of sp³-hybridized carbons (Fsp3) is 0.800. The Kier molecular flexibility index (Phi) is 5.27. The van der Waals surface area contributed by atoms with Crippen molar-refractivity contribution >= 4 is 21.7 Å². The van der Waals surface area contributed by atoms with Crippen LogP contribution in [0.15, 0.2) is 0 Å². The molecule has 0 aromatic carbocycles. The van der Waals surface area contributed by atoms with Gasteiger partial charge in [-0.2, -0.15) is 0 Å². The van der Waals surface area contributed by atoms with Crippen molar-refractivity contribution in [3.8, 4) is 0 Å². The average molecular weight is 294 g/mol. The normalized spacial score (nSPS) is 24.9. The Morgan fingerprint density at radius 3 is 2.63 bits per heavy atom. The fourth-order valence-corrected chi connectivity index (χ4v) is 2.38. The Hall–Kier alpha value is -1.19. The number of carbonyl (C=O) groups excluding carboxylic acids is 1. The van der Waals surface area contributed by atoms with Crippen LogP contribution in [0.4, 0.5) is 0 Å². The largest absolute Gasteiger partial charge is 0.481 e. The van der Waals surface area contributed by atoms with Crippen LogP contribution in [0.3, 0.4) is 0 Å². The number of aliphatic carboxylic acids is 1. The van der Waals surface area contributed by atoms with Crippen LogP contribution in [-0.4, -0.2) is 62.7 Å². The molecule has 1 fully saturated rings. The Balaban J connectivity index is 2.48. The predicted octanol–water partition coefficient (Wildman–Crippen LogP) is -2.04. The van der Waals surface area contributed by atoms with Crippen LogP contribution in [0, 0.1) is 5.92 Å². The number of amides is 1. The maximum Gasteiger partial charge on any atom is 0.311 e. The minimum atomic E-state index is -3.18. The summed E-state index contributed by atoms with van der Waals surface area (Å²) in [4.78, 5) is 22.6. The molecule has 8 nitrogen and oxygen atoms in total. The van der Waals surface area contributed by atoms with Gasteiger partial charge in [0.05, 0.1) is 31.1 Å². The maximum absolute atomic E-state index is 11.7.